The smallest absolute Gasteiger partial charge is 0.329 e. The molecule has 1 aliphatic carbocycles. The molecule has 0 spiro atoms. The first kappa shape index (κ1) is 17.7. The second-order valence-corrected chi connectivity index (χ2v) is 7.00. The average molecular weight is 344 g/mol. The first-order valence-electron chi connectivity index (χ1n) is 9.33. The molecule has 0 radical (unpaired) electrons. The van der Waals surface area contributed by atoms with Crippen molar-refractivity contribution in [1.29, 1.82) is 0 Å². The maximum atomic E-state index is 12.7. The molecule has 0 bridgehead atoms. The summed E-state index contributed by atoms with van der Waals surface area (Å²) < 4.78 is 3.52. The van der Waals surface area contributed by atoms with Gasteiger partial charge in [0.1, 0.15) is 0 Å². The molecule has 136 valence electrons. The summed E-state index contributed by atoms with van der Waals surface area (Å²) in [5.74, 6) is 0.0136. The fourth-order valence-electron chi connectivity index (χ4n) is 3.70. The van der Waals surface area contributed by atoms with E-state index in [1.54, 1.807) is 9.13 Å². The molecule has 3 rings (SSSR count). The summed E-state index contributed by atoms with van der Waals surface area (Å²) in [5, 5.41) is 3.09. The van der Waals surface area contributed by atoms with Crippen molar-refractivity contribution < 1.29 is 4.79 Å². The number of hydrogen-bond acceptors (Lipinski definition) is 3. The molecule has 1 saturated carbocycles. The van der Waals surface area contributed by atoms with Crippen LogP contribution in [0.15, 0.2) is 29.1 Å². The highest BCUT2D eigenvalue weighted by atomic mass is 16.2. The molecule has 1 amide bonds. The van der Waals surface area contributed by atoms with Crippen LogP contribution in [0.5, 0.6) is 0 Å². The third-order valence-corrected chi connectivity index (χ3v) is 5.07. The predicted molar refractivity (Wildman–Crippen MR) is 99.5 cm³/mol. The molecule has 6 nitrogen and oxygen atoms in total. The van der Waals surface area contributed by atoms with Crippen LogP contribution in [0.2, 0.25) is 0 Å². The maximum Gasteiger partial charge on any atom is 0.329 e. The lowest BCUT2D eigenvalue weighted by Crippen LogP contribution is -2.40. The van der Waals surface area contributed by atoms with Gasteiger partial charge in [-0.3, -0.25) is 13.9 Å². The summed E-state index contributed by atoms with van der Waals surface area (Å²) in [4.78, 5) is 25.0. The molecule has 3 N–H and O–H groups in total. The van der Waals surface area contributed by atoms with Gasteiger partial charge in [0.25, 0.3) is 0 Å². The van der Waals surface area contributed by atoms with Crippen LogP contribution in [0, 0.1) is 0 Å². The molecule has 1 aliphatic rings. The average Bonchev–Trinajstić information content (AvgIpc) is 2.88. The summed E-state index contributed by atoms with van der Waals surface area (Å²) >= 11 is 0. The monoisotopic (exact) mass is 344 g/mol. The van der Waals surface area contributed by atoms with E-state index in [0.717, 1.165) is 43.1 Å². The van der Waals surface area contributed by atoms with Crippen LogP contribution in [-0.2, 0) is 17.9 Å². The first-order chi connectivity index (χ1) is 12.1. The fraction of sp³-hybridized carbons (Fsp3) is 0.579. The molecule has 6 heteroatoms. The Hall–Kier alpha value is -2.08. The standard InChI is InChI=1S/C19H28N4O2/c1-2-12-22-16-5-3-4-6-17(16)23(19(22)25)13-11-18(24)21-15-9-7-14(20)8-10-15/h3-6,14-15H,2,7-13,20H2,1H3,(H,21,24). The molecule has 0 aliphatic heterocycles. The van der Waals surface area contributed by atoms with Gasteiger partial charge in [0.05, 0.1) is 11.0 Å². The number of aryl methyl sites for hydroxylation is 2. The van der Waals surface area contributed by atoms with Gasteiger partial charge in [-0.15, -0.1) is 0 Å². The van der Waals surface area contributed by atoms with E-state index < -0.39 is 0 Å². The van der Waals surface area contributed by atoms with E-state index in [-0.39, 0.29) is 23.7 Å². The van der Waals surface area contributed by atoms with Gasteiger partial charge >= 0.3 is 5.69 Å². The van der Waals surface area contributed by atoms with Crippen molar-refractivity contribution in [1.82, 2.24) is 14.5 Å². The number of carbonyl (C=O) groups is 1. The van der Waals surface area contributed by atoms with E-state index >= 15 is 0 Å². The Kier molecular flexibility index (Phi) is 5.58. The number of benzene rings is 1. The van der Waals surface area contributed by atoms with E-state index in [4.69, 9.17) is 5.73 Å². The van der Waals surface area contributed by atoms with E-state index in [0.29, 0.717) is 19.5 Å². The molecular formula is C19H28N4O2. The Bertz CT molecular complexity index is 784. The number of fused-ring (bicyclic) bond motifs is 1. The maximum absolute atomic E-state index is 12.7. The number of carbonyl (C=O) groups excluding carboxylic acids is 1. The van der Waals surface area contributed by atoms with Gasteiger partial charge in [-0.1, -0.05) is 19.1 Å². The Morgan fingerprint density at radius 1 is 1.12 bits per heavy atom. The topological polar surface area (TPSA) is 82.0 Å². The third-order valence-electron chi connectivity index (χ3n) is 5.07. The highest BCUT2D eigenvalue weighted by Gasteiger charge is 2.20. The number of amides is 1. The number of imidazole rings is 1. The van der Waals surface area contributed by atoms with Crippen LogP contribution in [-0.4, -0.2) is 27.1 Å². The molecule has 0 unspecified atom stereocenters. The van der Waals surface area contributed by atoms with Gasteiger partial charge in [-0.05, 0) is 44.2 Å². The number of nitrogens with two attached hydrogens (primary N) is 1. The number of hydrogen-bond donors (Lipinski definition) is 2. The minimum Gasteiger partial charge on any atom is -0.353 e. The predicted octanol–water partition coefficient (Wildman–Crippen LogP) is 1.99. The lowest BCUT2D eigenvalue weighted by molar-refractivity contribution is -0.122. The number of rotatable bonds is 6. The van der Waals surface area contributed by atoms with Crippen LogP contribution < -0.4 is 16.7 Å². The van der Waals surface area contributed by atoms with Crippen LogP contribution in [0.25, 0.3) is 11.0 Å². The summed E-state index contributed by atoms with van der Waals surface area (Å²) in [7, 11) is 0. The van der Waals surface area contributed by atoms with Gasteiger partial charge in [-0.2, -0.15) is 0 Å². The highest BCUT2D eigenvalue weighted by Crippen LogP contribution is 2.17. The van der Waals surface area contributed by atoms with Crippen LogP contribution >= 0.6 is 0 Å². The van der Waals surface area contributed by atoms with Crippen molar-refractivity contribution >= 4 is 16.9 Å². The summed E-state index contributed by atoms with van der Waals surface area (Å²) in [6.45, 7) is 3.16. The second-order valence-electron chi connectivity index (χ2n) is 7.00. The van der Waals surface area contributed by atoms with E-state index in [1.165, 1.54) is 0 Å². The zero-order valence-corrected chi connectivity index (χ0v) is 14.9. The van der Waals surface area contributed by atoms with E-state index in [2.05, 4.69) is 12.2 Å². The van der Waals surface area contributed by atoms with Crippen LogP contribution in [0.3, 0.4) is 0 Å². The fourth-order valence-corrected chi connectivity index (χ4v) is 3.70. The normalized spacial score (nSPS) is 20.7. The van der Waals surface area contributed by atoms with Gasteiger partial charge < -0.3 is 11.1 Å². The third kappa shape index (κ3) is 3.95. The number of para-hydroxylation sites is 2. The lowest BCUT2D eigenvalue weighted by Gasteiger charge is -2.26. The molecule has 1 aromatic carbocycles. The first-order valence-corrected chi connectivity index (χ1v) is 9.33. The van der Waals surface area contributed by atoms with Crippen molar-refractivity contribution in [2.24, 2.45) is 5.73 Å². The second kappa shape index (κ2) is 7.87. The van der Waals surface area contributed by atoms with Crippen molar-refractivity contribution in [3.63, 3.8) is 0 Å². The van der Waals surface area contributed by atoms with Crippen molar-refractivity contribution in [3.8, 4) is 0 Å². The molecule has 1 fully saturated rings. The Morgan fingerprint density at radius 2 is 1.72 bits per heavy atom. The molecular weight excluding hydrogens is 316 g/mol. The van der Waals surface area contributed by atoms with Crippen molar-refractivity contribution in [2.75, 3.05) is 0 Å². The minimum atomic E-state index is -0.0283. The van der Waals surface area contributed by atoms with Gasteiger partial charge in [0.2, 0.25) is 5.91 Å². The largest absolute Gasteiger partial charge is 0.353 e. The Balaban J connectivity index is 1.68. The van der Waals surface area contributed by atoms with Crippen LogP contribution in [0.1, 0.15) is 45.4 Å². The van der Waals surface area contributed by atoms with Gasteiger partial charge in [-0.25, -0.2) is 4.79 Å². The van der Waals surface area contributed by atoms with E-state index in [9.17, 15) is 9.59 Å². The molecule has 2 aromatic rings. The zero-order chi connectivity index (χ0) is 17.8. The molecule has 0 saturated heterocycles. The van der Waals surface area contributed by atoms with Crippen molar-refractivity contribution in [2.45, 2.75) is 70.6 Å². The van der Waals surface area contributed by atoms with Gasteiger partial charge in [0.15, 0.2) is 0 Å². The number of aromatic nitrogens is 2. The number of nitrogens with zero attached hydrogens (tertiary/aromatic N) is 2. The summed E-state index contributed by atoms with van der Waals surface area (Å²) in [6, 6.07) is 8.29. The van der Waals surface area contributed by atoms with Crippen molar-refractivity contribution in [3.05, 3.63) is 34.7 Å². The van der Waals surface area contributed by atoms with Crippen LogP contribution in [0.4, 0.5) is 0 Å². The molecule has 1 heterocycles. The zero-order valence-electron chi connectivity index (χ0n) is 14.9. The number of nitrogens with one attached hydrogen (secondary N) is 1. The quantitative estimate of drug-likeness (QED) is 0.841. The summed E-state index contributed by atoms with van der Waals surface area (Å²) in [6.07, 6.45) is 5.05. The molecule has 0 atom stereocenters. The van der Waals surface area contributed by atoms with Gasteiger partial charge in [0, 0.05) is 31.6 Å². The minimum absolute atomic E-state index is 0.0136. The SMILES string of the molecule is CCCn1c(=O)n(CCC(=O)NC2CCC(N)CC2)c2ccccc21. The van der Waals surface area contributed by atoms with E-state index in [1.807, 2.05) is 24.3 Å². The highest BCUT2D eigenvalue weighted by molar-refractivity contribution is 5.78. The molecule has 1 aromatic heterocycles. The lowest BCUT2D eigenvalue weighted by atomic mass is 9.92. The Labute approximate surface area is 148 Å². The molecule has 25 heavy (non-hydrogen) atoms. The summed E-state index contributed by atoms with van der Waals surface area (Å²) in [5.41, 5.74) is 7.72. The Morgan fingerprint density at radius 3 is 2.32 bits per heavy atom.